The zero-order chi connectivity index (χ0) is 21.9. The molecule has 0 aliphatic rings. The van der Waals surface area contributed by atoms with Crippen LogP contribution in [0.1, 0.15) is 11.5 Å². The number of benzene rings is 3. The molecule has 5 aromatic rings. The summed E-state index contributed by atoms with van der Waals surface area (Å²) in [4.78, 5) is 8.73. The summed E-state index contributed by atoms with van der Waals surface area (Å²) in [5, 5.41) is 12.1. The molecule has 0 spiro atoms. The van der Waals surface area contributed by atoms with E-state index in [1.54, 1.807) is 19.1 Å². The Kier molecular flexibility index (Phi) is 6.46. The fourth-order valence-electron chi connectivity index (χ4n) is 3.22. The molecule has 0 atom stereocenters. The van der Waals surface area contributed by atoms with Gasteiger partial charge in [-0.15, -0.1) is 22.6 Å². The molecule has 2 aromatic heterocycles. The van der Waals surface area contributed by atoms with E-state index < -0.39 is 0 Å². The van der Waals surface area contributed by atoms with Crippen LogP contribution in [0.5, 0.6) is 5.75 Å². The molecule has 0 saturated heterocycles. The molecule has 0 aliphatic carbocycles. The predicted molar refractivity (Wildman–Crippen MR) is 125 cm³/mol. The van der Waals surface area contributed by atoms with Crippen molar-refractivity contribution < 1.29 is 13.5 Å². The van der Waals surface area contributed by atoms with Gasteiger partial charge in [-0.2, -0.15) is 0 Å². The third-order valence-electron chi connectivity index (χ3n) is 4.84. The number of aromatic nitrogens is 4. The van der Waals surface area contributed by atoms with Crippen LogP contribution in [-0.4, -0.2) is 20.2 Å². The Hall–Kier alpha value is -4.04. The highest BCUT2D eigenvalue weighted by molar-refractivity contribution is 5.93. The monoisotopic (exact) mass is 463 g/mol. The molecule has 0 amide bonds. The number of fused-ring (bicyclic) bond motifs is 1. The SMILES string of the molecule is Cc1nnc(-c2ccc3ncnc(Nc4ccc(OCc5ccc(F)cc5)cc4)c3c2)o1.Cl. The molecule has 7 nitrogen and oxygen atoms in total. The van der Waals surface area contributed by atoms with E-state index in [1.807, 2.05) is 42.5 Å². The third kappa shape index (κ3) is 5.07. The molecule has 9 heteroatoms. The Balaban J connectivity index is 0.00000259. The first-order chi connectivity index (χ1) is 15.6. The number of rotatable bonds is 6. The Bertz CT molecular complexity index is 1370. The van der Waals surface area contributed by atoms with Gasteiger partial charge >= 0.3 is 0 Å². The summed E-state index contributed by atoms with van der Waals surface area (Å²) < 4.78 is 24.3. The van der Waals surface area contributed by atoms with Crippen molar-refractivity contribution in [2.75, 3.05) is 5.32 Å². The lowest BCUT2D eigenvalue weighted by molar-refractivity contribution is 0.306. The lowest BCUT2D eigenvalue weighted by Crippen LogP contribution is -1.98. The van der Waals surface area contributed by atoms with Crippen LogP contribution in [0.25, 0.3) is 22.4 Å². The van der Waals surface area contributed by atoms with Crippen molar-refractivity contribution >= 4 is 34.8 Å². The second-order valence-electron chi connectivity index (χ2n) is 7.14. The Labute approximate surface area is 195 Å². The number of anilines is 2. The van der Waals surface area contributed by atoms with Gasteiger partial charge in [-0.25, -0.2) is 14.4 Å². The molecule has 0 aliphatic heterocycles. The van der Waals surface area contributed by atoms with Crippen LogP contribution in [0, 0.1) is 12.7 Å². The molecule has 0 saturated carbocycles. The molecule has 166 valence electrons. The molecule has 0 radical (unpaired) electrons. The number of nitrogens with zero attached hydrogens (tertiary/aromatic N) is 4. The van der Waals surface area contributed by atoms with E-state index in [2.05, 4.69) is 25.5 Å². The quantitative estimate of drug-likeness (QED) is 0.337. The van der Waals surface area contributed by atoms with Crippen LogP contribution in [0.3, 0.4) is 0 Å². The number of hydrogen-bond acceptors (Lipinski definition) is 7. The van der Waals surface area contributed by atoms with Crippen molar-refractivity contribution in [2.24, 2.45) is 0 Å². The summed E-state index contributed by atoms with van der Waals surface area (Å²) in [5.74, 6) is 2.06. The zero-order valence-electron chi connectivity index (χ0n) is 17.5. The first-order valence-corrected chi connectivity index (χ1v) is 9.94. The van der Waals surface area contributed by atoms with Gasteiger partial charge in [0.2, 0.25) is 11.8 Å². The van der Waals surface area contributed by atoms with Gasteiger partial charge in [0.25, 0.3) is 0 Å². The van der Waals surface area contributed by atoms with Crippen LogP contribution in [0.4, 0.5) is 15.9 Å². The van der Waals surface area contributed by atoms with E-state index in [0.717, 1.165) is 27.7 Å². The topological polar surface area (TPSA) is 86.0 Å². The minimum Gasteiger partial charge on any atom is -0.489 e. The number of ether oxygens (including phenoxy) is 1. The largest absolute Gasteiger partial charge is 0.489 e. The maximum absolute atomic E-state index is 13.0. The van der Waals surface area contributed by atoms with E-state index in [-0.39, 0.29) is 18.2 Å². The number of nitrogens with one attached hydrogen (secondary N) is 1. The summed E-state index contributed by atoms with van der Waals surface area (Å²) in [5.41, 5.74) is 3.33. The van der Waals surface area contributed by atoms with E-state index in [0.29, 0.717) is 30.0 Å². The third-order valence-corrected chi connectivity index (χ3v) is 4.84. The van der Waals surface area contributed by atoms with Crippen molar-refractivity contribution in [2.45, 2.75) is 13.5 Å². The number of aryl methyl sites for hydroxylation is 1. The minimum atomic E-state index is -0.263. The van der Waals surface area contributed by atoms with Gasteiger partial charge in [0.15, 0.2) is 0 Å². The van der Waals surface area contributed by atoms with Gasteiger partial charge in [0.1, 0.15) is 30.3 Å². The fourth-order valence-corrected chi connectivity index (χ4v) is 3.22. The van der Waals surface area contributed by atoms with Gasteiger partial charge in [0, 0.05) is 23.6 Å². The van der Waals surface area contributed by atoms with Gasteiger partial charge in [0.05, 0.1) is 5.52 Å². The molecular formula is C24H19ClFN5O2. The lowest BCUT2D eigenvalue weighted by atomic mass is 10.1. The maximum atomic E-state index is 13.0. The van der Waals surface area contributed by atoms with Gasteiger partial charge in [-0.1, -0.05) is 12.1 Å². The van der Waals surface area contributed by atoms with Gasteiger partial charge in [-0.05, 0) is 60.2 Å². The van der Waals surface area contributed by atoms with Gasteiger partial charge in [-0.3, -0.25) is 0 Å². The average molecular weight is 464 g/mol. The van der Waals surface area contributed by atoms with Crippen LogP contribution in [0.15, 0.2) is 77.5 Å². The van der Waals surface area contributed by atoms with Crippen molar-refractivity contribution in [3.8, 4) is 17.2 Å². The number of halogens is 2. The normalized spacial score (nSPS) is 10.6. The highest BCUT2D eigenvalue weighted by Gasteiger charge is 2.10. The zero-order valence-corrected chi connectivity index (χ0v) is 18.3. The molecule has 0 fully saturated rings. The standard InChI is InChI=1S/C24H18FN5O2.ClH/c1-15-29-30-24(32-15)17-4-11-22-21(12-17)23(27-14-26-22)28-19-7-9-20(10-8-19)31-13-16-2-5-18(25)6-3-16;/h2-12,14H,13H2,1H3,(H,26,27,28);1H. The average Bonchev–Trinajstić information content (AvgIpc) is 3.26. The number of hydrogen-bond donors (Lipinski definition) is 1. The predicted octanol–water partition coefficient (Wildman–Crippen LogP) is 5.87. The van der Waals surface area contributed by atoms with Crippen molar-refractivity contribution in [3.63, 3.8) is 0 Å². The van der Waals surface area contributed by atoms with E-state index in [4.69, 9.17) is 9.15 Å². The minimum absolute atomic E-state index is 0. The summed E-state index contributed by atoms with van der Waals surface area (Å²) in [7, 11) is 0. The second-order valence-corrected chi connectivity index (χ2v) is 7.14. The molecule has 3 aromatic carbocycles. The molecular weight excluding hydrogens is 445 g/mol. The second kappa shape index (κ2) is 9.62. The molecule has 5 rings (SSSR count). The van der Waals surface area contributed by atoms with E-state index in [9.17, 15) is 4.39 Å². The van der Waals surface area contributed by atoms with Gasteiger partial charge < -0.3 is 14.5 Å². The highest BCUT2D eigenvalue weighted by atomic mass is 35.5. The molecule has 33 heavy (non-hydrogen) atoms. The van der Waals surface area contributed by atoms with Crippen LogP contribution >= 0.6 is 12.4 Å². The van der Waals surface area contributed by atoms with Crippen LogP contribution in [-0.2, 0) is 6.61 Å². The van der Waals surface area contributed by atoms with E-state index >= 15 is 0 Å². The van der Waals surface area contributed by atoms with Crippen molar-refractivity contribution in [1.82, 2.24) is 20.2 Å². The summed E-state index contributed by atoms with van der Waals surface area (Å²) in [6.07, 6.45) is 1.52. The smallest absolute Gasteiger partial charge is 0.247 e. The first-order valence-electron chi connectivity index (χ1n) is 9.94. The fraction of sp³-hybridized carbons (Fsp3) is 0.0833. The Morgan fingerprint density at radius 3 is 2.45 bits per heavy atom. The summed E-state index contributed by atoms with van der Waals surface area (Å²) >= 11 is 0. The molecule has 0 unspecified atom stereocenters. The summed E-state index contributed by atoms with van der Waals surface area (Å²) in [6, 6.07) is 19.5. The maximum Gasteiger partial charge on any atom is 0.247 e. The molecule has 0 bridgehead atoms. The Morgan fingerprint density at radius 2 is 1.73 bits per heavy atom. The highest BCUT2D eigenvalue weighted by Crippen LogP contribution is 2.28. The lowest BCUT2D eigenvalue weighted by Gasteiger charge is -2.10. The molecule has 1 N–H and O–H groups in total. The molecule has 2 heterocycles. The summed E-state index contributed by atoms with van der Waals surface area (Å²) in [6.45, 7) is 2.11. The van der Waals surface area contributed by atoms with Crippen molar-refractivity contribution in [1.29, 1.82) is 0 Å². The first kappa shape index (κ1) is 22.2. The Morgan fingerprint density at radius 1 is 0.939 bits per heavy atom. The van der Waals surface area contributed by atoms with Crippen molar-refractivity contribution in [3.05, 3.63) is 90.3 Å². The van der Waals surface area contributed by atoms with E-state index in [1.165, 1.54) is 18.5 Å². The van der Waals surface area contributed by atoms with Crippen LogP contribution < -0.4 is 10.1 Å². The van der Waals surface area contributed by atoms with Crippen LogP contribution in [0.2, 0.25) is 0 Å².